The molecule has 3 heterocycles. The average molecular weight is 322 g/mol. The zero-order valence-electron chi connectivity index (χ0n) is 12.5. The van der Waals surface area contributed by atoms with Crippen molar-refractivity contribution in [2.24, 2.45) is 7.05 Å². The second kappa shape index (κ2) is 5.69. The zero-order chi connectivity index (χ0) is 15.7. The Kier molecular flexibility index (Phi) is 3.88. The average Bonchev–Trinajstić information content (AvgIpc) is 3.11. The van der Waals surface area contributed by atoms with Gasteiger partial charge in [-0.25, -0.2) is 8.42 Å². The summed E-state index contributed by atoms with van der Waals surface area (Å²) in [5.74, 6) is 0.662. The Hall–Kier alpha value is -1.93. The molecule has 1 atom stereocenters. The highest BCUT2D eigenvalue weighted by atomic mass is 32.2. The molecule has 2 aromatic heterocycles. The molecule has 8 heteroatoms. The summed E-state index contributed by atoms with van der Waals surface area (Å²) in [5, 5.41) is 4.12. The van der Waals surface area contributed by atoms with E-state index in [0.717, 1.165) is 5.69 Å². The lowest BCUT2D eigenvalue weighted by atomic mass is 10.3. The predicted molar refractivity (Wildman–Crippen MR) is 80.0 cm³/mol. The van der Waals surface area contributed by atoms with Crippen molar-refractivity contribution >= 4 is 10.0 Å². The van der Waals surface area contributed by atoms with Crippen molar-refractivity contribution in [2.75, 3.05) is 13.1 Å². The fourth-order valence-electron chi connectivity index (χ4n) is 2.48. The van der Waals surface area contributed by atoms with Gasteiger partial charge in [0.05, 0.1) is 18.9 Å². The molecular weight excluding hydrogens is 304 g/mol. The summed E-state index contributed by atoms with van der Waals surface area (Å²) in [4.78, 5) is 4.17. The molecule has 0 aliphatic carbocycles. The van der Waals surface area contributed by atoms with Crippen LogP contribution in [0, 0.1) is 6.92 Å². The van der Waals surface area contributed by atoms with Gasteiger partial charge in [-0.2, -0.15) is 9.40 Å². The lowest BCUT2D eigenvalue weighted by Crippen LogP contribution is -2.32. The first-order valence-corrected chi connectivity index (χ1v) is 8.48. The molecule has 0 radical (unpaired) electrons. The molecule has 2 aromatic rings. The second-order valence-electron chi connectivity index (χ2n) is 5.32. The Balaban J connectivity index is 1.70. The molecule has 0 saturated carbocycles. The topological polar surface area (TPSA) is 77.3 Å². The Morgan fingerprint density at radius 1 is 1.32 bits per heavy atom. The van der Waals surface area contributed by atoms with Crippen molar-refractivity contribution in [1.29, 1.82) is 0 Å². The van der Waals surface area contributed by atoms with Crippen molar-refractivity contribution in [3.63, 3.8) is 0 Å². The van der Waals surface area contributed by atoms with Gasteiger partial charge in [0.15, 0.2) is 5.03 Å². The summed E-state index contributed by atoms with van der Waals surface area (Å²) in [6.45, 7) is 2.68. The van der Waals surface area contributed by atoms with Crippen LogP contribution in [0.2, 0.25) is 0 Å². The summed E-state index contributed by atoms with van der Waals surface area (Å²) in [7, 11) is -1.90. The van der Waals surface area contributed by atoms with Crippen molar-refractivity contribution in [3.05, 3.63) is 36.3 Å². The maximum Gasteiger partial charge on any atom is 0.260 e. The largest absolute Gasteiger partial charge is 0.487 e. The Bertz CT molecular complexity index is 755. The number of hydrogen-bond acceptors (Lipinski definition) is 5. The molecule has 1 aliphatic rings. The van der Waals surface area contributed by atoms with Gasteiger partial charge in [-0.3, -0.25) is 9.67 Å². The molecule has 1 fully saturated rings. The molecular formula is C14H18N4O3S. The van der Waals surface area contributed by atoms with E-state index in [-0.39, 0.29) is 11.1 Å². The third kappa shape index (κ3) is 2.84. The second-order valence-corrected chi connectivity index (χ2v) is 7.20. The van der Waals surface area contributed by atoms with Gasteiger partial charge in [0.1, 0.15) is 11.9 Å². The first kappa shape index (κ1) is 15.0. The molecule has 3 rings (SSSR count). The van der Waals surface area contributed by atoms with Crippen LogP contribution < -0.4 is 4.74 Å². The summed E-state index contributed by atoms with van der Waals surface area (Å²) in [5.41, 5.74) is 0.916. The number of nitrogens with zero attached hydrogens (tertiary/aromatic N) is 4. The number of rotatable bonds is 4. The van der Waals surface area contributed by atoms with Crippen LogP contribution in [0.1, 0.15) is 12.1 Å². The number of hydrogen-bond donors (Lipinski definition) is 0. The molecule has 0 aromatic carbocycles. The summed E-state index contributed by atoms with van der Waals surface area (Å²) in [6, 6.07) is 5.22. The van der Waals surface area contributed by atoms with Crippen molar-refractivity contribution in [3.8, 4) is 5.75 Å². The third-order valence-corrected chi connectivity index (χ3v) is 5.62. The number of aryl methyl sites for hydroxylation is 2. The summed E-state index contributed by atoms with van der Waals surface area (Å²) in [6.07, 6.45) is 3.64. The minimum atomic E-state index is -3.52. The monoisotopic (exact) mass is 322 g/mol. The van der Waals surface area contributed by atoms with E-state index in [1.54, 1.807) is 13.2 Å². The SMILES string of the molecule is Cc1ccc(O[C@H]2CCN(S(=O)(=O)c3ccnn3C)C2)cn1. The molecule has 0 spiro atoms. The highest BCUT2D eigenvalue weighted by Gasteiger charge is 2.35. The summed E-state index contributed by atoms with van der Waals surface area (Å²) >= 11 is 0. The van der Waals surface area contributed by atoms with Crippen LogP contribution in [0.25, 0.3) is 0 Å². The Morgan fingerprint density at radius 3 is 2.77 bits per heavy atom. The van der Waals surface area contributed by atoms with E-state index in [2.05, 4.69) is 10.1 Å². The third-order valence-electron chi connectivity index (χ3n) is 3.67. The molecule has 0 amide bonds. The van der Waals surface area contributed by atoms with Gasteiger partial charge < -0.3 is 4.74 Å². The van der Waals surface area contributed by atoms with E-state index in [1.165, 1.54) is 21.3 Å². The van der Waals surface area contributed by atoms with Crippen LogP contribution in [-0.4, -0.2) is 46.7 Å². The van der Waals surface area contributed by atoms with Crippen LogP contribution in [-0.2, 0) is 17.1 Å². The Morgan fingerprint density at radius 2 is 2.14 bits per heavy atom. The van der Waals surface area contributed by atoms with Crippen molar-refractivity contribution in [2.45, 2.75) is 24.5 Å². The van der Waals surface area contributed by atoms with E-state index in [4.69, 9.17) is 4.74 Å². The van der Waals surface area contributed by atoms with Crippen LogP contribution in [0.5, 0.6) is 5.75 Å². The fraction of sp³-hybridized carbons (Fsp3) is 0.429. The van der Waals surface area contributed by atoms with Gasteiger partial charge in [-0.15, -0.1) is 0 Å². The van der Waals surface area contributed by atoms with Gasteiger partial charge in [-0.1, -0.05) is 0 Å². The highest BCUT2D eigenvalue weighted by molar-refractivity contribution is 7.89. The molecule has 0 N–H and O–H groups in total. The van der Waals surface area contributed by atoms with E-state index in [1.807, 2.05) is 19.1 Å². The number of ether oxygens (including phenoxy) is 1. The maximum atomic E-state index is 12.6. The molecule has 118 valence electrons. The molecule has 7 nitrogen and oxygen atoms in total. The molecule has 0 unspecified atom stereocenters. The zero-order valence-corrected chi connectivity index (χ0v) is 13.3. The van der Waals surface area contributed by atoms with Gasteiger partial charge in [0, 0.05) is 19.3 Å². The van der Waals surface area contributed by atoms with Crippen LogP contribution >= 0.6 is 0 Å². The fourth-order valence-corrected chi connectivity index (χ4v) is 4.06. The lowest BCUT2D eigenvalue weighted by molar-refractivity contribution is 0.214. The number of sulfonamides is 1. The minimum absolute atomic E-state index is 0.160. The van der Waals surface area contributed by atoms with Crippen LogP contribution in [0.15, 0.2) is 35.6 Å². The van der Waals surface area contributed by atoms with Crippen molar-refractivity contribution < 1.29 is 13.2 Å². The smallest absolute Gasteiger partial charge is 0.260 e. The normalized spacial score (nSPS) is 19.5. The first-order chi connectivity index (χ1) is 10.5. The highest BCUT2D eigenvalue weighted by Crippen LogP contribution is 2.23. The molecule has 1 saturated heterocycles. The van der Waals surface area contributed by atoms with E-state index in [9.17, 15) is 8.42 Å². The quantitative estimate of drug-likeness (QED) is 0.838. The van der Waals surface area contributed by atoms with E-state index in [0.29, 0.717) is 25.3 Å². The first-order valence-electron chi connectivity index (χ1n) is 7.04. The minimum Gasteiger partial charge on any atom is -0.487 e. The summed E-state index contributed by atoms with van der Waals surface area (Å²) < 4.78 is 33.7. The molecule has 22 heavy (non-hydrogen) atoms. The van der Waals surface area contributed by atoms with Gasteiger partial charge in [0.25, 0.3) is 10.0 Å². The maximum absolute atomic E-state index is 12.6. The Labute approximate surface area is 129 Å². The van der Waals surface area contributed by atoms with Crippen LogP contribution in [0.3, 0.4) is 0 Å². The lowest BCUT2D eigenvalue weighted by Gasteiger charge is -2.17. The number of aromatic nitrogens is 3. The van der Waals surface area contributed by atoms with Gasteiger partial charge in [-0.05, 0) is 31.5 Å². The number of pyridine rings is 1. The van der Waals surface area contributed by atoms with E-state index >= 15 is 0 Å². The standard InChI is InChI=1S/C14H18N4O3S/c1-11-3-4-12(9-15-11)21-13-6-8-18(10-13)22(19,20)14-5-7-16-17(14)2/h3-5,7,9,13H,6,8,10H2,1-2H3/t13-/m0/s1. The van der Waals surface area contributed by atoms with Crippen molar-refractivity contribution in [1.82, 2.24) is 19.1 Å². The van der Waals surface area contributed by atoms with Gasteiger partial charge >= 0.3 is 0 Å². The van der Waals surface area contributed by atoms with E-state index < -0.39 is 10.0 Å². The predicted octanol–water partition coefficient (Wildman–Crippen LogP) is 0.966. The molecule has 0 bridgehead atoms. The van der Waals surface area contributed by atoms with Crippen LogP contribution in [0.4, 0.5) is 0 Å². The molecule has 1 aliphatic heterocycles. The van der Waals surface area contributed by atoms with Gasteiger partial charge in [0.2, 0.25) is 0 Å².